The number of carbonyl (C=O) groups excluding carboxylic acids is 2. The van der Waals surface area contributed by atoms with E-state index >= 15 is 0 Å². The molecule has 2 aliphatic carbocycles. The van der Waals surface area contributed by atoms with E-state index in [1.807, 2.05) is 24.3 Å². The van der Waals surface area contributed by atoms with Gasteiger partial charge in [-0.1, -0.05) is 48.5 Å². The maximum atomic E-state index is 12.6. The van der Waals surface area contributed by atoms with E-state index in [1.165, 1.54) is 22.3 Å². The lowest BCUT2D eigenvalue weighted by atomic mass is 9.85. The van der Waals surface area contributed by atoms with E-state index in [9.17, 15) is 19.5 Å². The highest BCUT2D eigenvalue weighted by Crippen LogP contribution is 2.44. The summed E-state index contributed by atoms with van der Waals surface area (Å²) in [6, 6.07) is 15.4. The summed E-state index contributed by atoms with van der Waals surface area (Å²) in [6.45, 7) is 0.500. The van der Waals surface area contributed by atoms with Gasteiger partial charge in [0.25, 0.3) is 0 Å². The van der Waals surface area contributed by atoms with Crippen LogP contribution in [0.4, 0.5) is 4.79 Å². The van der Waals surface area contributed by atoms with E-state index in [1.54, 1.807) is 19.0 Å². The fraction of sp³-hybridized carbons (Fsp3) is 0.444. The fourth-order valence-electron chi connectivity index (χ4n) is 5.15. The average Bonchev–Trinajstić information content (AvgIpc) is 3.16. The predicted molar refractivity (Wildman–Crippen MR) is 132 cm³/mol. The van der Waals surface area contributed by atoms with Crippen LogP contribution in [0.15, 0.2) is 48.5 Å². The minimum Gasteiger partial charge on any atom is -0.480 e. The number of amides is 2. The van der Waals surface area contributed by atoms with Crippen LogP contribution >= 0.6 is 0 Å². The van der Waals surface area contributed by atoms with E-state index in [0.29, 0.717) is 25.7 Å². The van der Waals surface area contributed by atoms with Crippen LogP contribution in [0.25, 0.3) is 11.1 Å². The van der Waals surface area contributed by atoms with Gasteiger partial charge in [0.1, 0.15) is 12.6 Å². The number of fused-ring (bicyclic) bond motifs is 3. The van der Waals surface area contributed by atoms with Crippen LogP contribution in [0, 0.1) is 5.92 Å². The number of aliphatic carboxylic acids is 1. The molecule has 0 aromatic heterocycles. The molecule has 2 amide bonds. The molecule has 1 unspecified atom stereocenters. The monoisotopic (exact) mass is 479 g/mol. The molecule has 3 N–H and O–H groups in total. The number of carboxylic acids is 1. The quantitative estimate of drug-likeness (QED) is 0.537. The van der Waals surface area contributed by atoms with Gasteiger partial charge < -0.3 is 25.4 Å². The van der Waals surface area contributed by atoms with Crippen LogP contribution in [0.1, 0.15) is 42.7 Å². The molecular weight excluding hydrogens is 446 g/mol. The number of carbonyl (C=O) groups is 3. The zero-order chi connectivity index (χ0) is 24.9. The number of rotatable bonds is 8. The van der Waals surface area contributed by atoms with Crippen molar-refractivity contribution in [2.24, 2.45) is 5.92 Å². The molecule has 2 aliphatic rings. The van der Waals surface area contributed by atoms with Gasteiger partial charge in [0.2, 0.25) is 5.91 Å². The summed E-state index contributed by atoms with van der Waals surface area (Å²) in [4.78, 5) is 38.3. The second-order valence-electron chi connectivity index (χ2n) is 9.68. The number of carboxylic acid groups (broad SMARTS) is 1. The van der Waals surface area contributed by atoms with Crippen molar-refractivity contribution in [1.29, 1.82) is 0 Å². The molecule has 8 heteroatoms. The van der Waals surface area contributed by atoms with Gasteiger partial charge >= 0.3 is 12.1 Å². The smallest absolute Gasteiger partial charge is 0.407 e. The Labute approximate surface area is 205 Å². The third-order valence-corrected chi connectivity index (χ3v) is 6.93. The lowest BCUT2D eigenvalue weighted by molar-refractivity contribution is -0.143. The molecule has 2 aromatic carbocycles. The fourth-order valence-corrected chi connectivity index (χ4v) is 5.15. The van der Waals surface area contributed by atoms with E-state index < -0.39 is 18.1 Å². The highest BCUT2D eigenvalue weighted by molar-refractivity contribution is 5.85. The summed E-state index contributed by atoms with van der Waals surface area (Å²) < 4.78 is 5.63. The Morgan fingerprint density at radius 1 is 0.971 bits per heavy atom. The number of hydrogen-bond donors (Lipinski definition) is 3. The highest BCUT2D eigenvalue weighted by Gasteiger charge is 2.32. The second-order valence-corrected chi connectivity index (χ2v) is 9.68. The molecule has 186 valence electrons. The van der Waals surface area contributed by atoms with Crippen LogP contribution < -0.4 is 10.6 Å². The molecule has 0 heterocycles. The van der Waals surface area contributed by atoms with Gasteiger partial charge in [-0.25, -0.2) is 9.59 Å². The first-order valence-corrected chi connectivity index (χ1v) is 12.1. The van der Waals surface area contributed by atoms with Crippen LogP contribution in [0.5, 0.6) is 0 Å². The number of ether oxygens (including phenoxy) is 1. The molecule has 0 aliphatic heterocycles. The molecule has 0 radical (unpaired) electrons. The van der Waals surface area contributed by atoms with Gasteiger partial charge in [-0.05, 0) is 62.0 Å². The Balaban J connectivity index is 1.25. The molecule has 0 saturated heterocycles. The maximum Gasteiger partial charge on any atom is 0.407 e. The van der Waals surface area contributed by atoms with Gasteiger partial charge in [-0.2, -0.15) is 0 Å². The average molecular weight is 480 g/mol. The Kier molecular flexibility index (Phi) is 7.70. The molecule has 1 atom stereocenters. The van der Waals surface area contributed by atoms with Crippen LogP contribution in [-0.2, 0) is 14.3 Å². The Morgan fingerprint density at radius 3 is 2.09 bits per heavy atom. The van der Waals surface area contributed by atoms with Gasteiger partial charge in [-0.15, -0.1) is 0 Å². The number of benzene rings is 2. The van der Waals surface area contributed by atoms with Crippen molar-refractivity contribution in [3.63, 3.8) is 0 Å². The first-order valence-electron chi connectivity index (χ1n) is 12.1. The molecule has 4 rings (SSSR count). The van der Waals surface area contributed by atoms with E-state index in [-0.39, 0.29) is 36.9 Å². The zero-order valence-electron chi connectivity index (χ0n) is 20.2. The van der Waals surface area contributed by atoms with Gasteiger partial charge in [0.15, 0.2) is 0 Å². The predicted octanol–water partition coefficient (Wildman–Crippen LogP) is 3.21. The maximum absolute atomic E-state index is 12.6. The number of hydrogen-bond acceptors (Lipinski definition) is 5. The largest absolute Gasteiger partial charge is 0.480 e. The lowest BCUT2D eigenvalue weighted by Gasteiger charge is -2.29. The summed E-state index contributed by atoms with van der Waals surface area (Å²) in [7, 11) is 3.53. The third-order valence-electron chi connectivity index (χ3n) is 6.93. The van der Waals surface area contributed by atoms with Crippen molar-refractivity contribution < 1.29 is 24.2 Å². The summed E-state index contributed by atoms with van der Waals surface area (Å²) in [6.07, 6.45) is 2.03. The van der Waals surface area contributed by atoms with Crippen molar-refractivity contribution in [2.45, 2.75) is 43.7 Å². The molecule has 1 saturated carbocycles. The van der Waals surface area contributed by atoms with E-state index in [4.69, 9.17) is 4.74 Å². The van der Waals surface area contributed by atoms with Crippen LogP contribution in [-0.4, -0.2) is 67.3 Å². The summed E-state index contributed by atoms with van der Waals surface area (Å²) in [5.74, 6) is -1.52. The van der Waals surface area contributed by atoms with Crippen molar-refractivity contribution in [3.05, 3.63) is 59.7 Å². The zero-order valence-corrected chi connectivity index (χ0v) is 20.2. The van der Waals surface area contributed by atoms with E-state index in [0.717, 1.165) is 0 Å². The van der Waals surface area contributed by atoms with Crippen molar-refractivity contribution in [2.75, 3.05) is 27.2 Å². The SMILES string of the molecule is CN(C)CC(NC(=O)C1CCC(NC(=O)OCC2c3ccccc3-c3ccccc32)CC1)C(=O)O. The summed E-state index contributed by atoms with van der Waals surface area (Å²) >= 11 is 0. The van der Waals surface area contributed by atoms with E-state index in [2.05, 4.69) is 34.9 Å². The number of nitrogens with zero attached hydrogens (tertiary/aromatic N) is 1. The molecular formula is C27H33N3O5. The molecule has 2 aromatic rings. The van der Waals surface area contributed by atoms with Gasteiger partial charge in [0, 0.05) is 24.4 Å². The van der Waals surface area contributed by atoms with Crippen molar-refractivity contribution in [1.82, 2.24) is 15.5 Å². The number of nitrogens with one attached hydrogen (secondary N) is 2. The topological polar surface area (TPSA) is 108 Å². The Morgan fingerprint density at radius 2 is 1.54 bits per heavy atom. The summed E-state index contributed by atoms with van der Waals surface area (Å²) in [5, 5.41) is 14.9. The normalized spacial score (nSPS) is 20.0. The first-order chi connectivity index (χ1) is 16.8. The minimum absolute atomic E-state index is 0.0110. The van der Waals surface area contributed by atoms with Crippen molar-refractivity contribution >= 4 is 18.0 Å². The van der Waals surface area contributed by atoms with Crippen LogP contribution in [0.3, 0.4) is 0 Å². The first kappa shape index (κ1) is 24.7. The molecule has 8 nitrogen and oxygen atoms in total. The van der Waals surface area contributed by atoms with Crippen LogP contribution in [0.2, 0.25) is 0 Å². The van der Waals surface area contributed by atoms with Gasteiger partial charge in [-0.3, -0.25) is 4.79 Å². The summed E-state index contributed by atoms with van der Waals surface area (Å²) in [5.41, 5.74) is 4.71. The second kappa shape index (κ2) is 10.9. The standard InChI is InChI=1S/C27H33N3O5/c1-30(2)15-24(26(32)33)29-25(31)17-11-13-18(14-12-17)28-27(34)35-16-23-21-9-5-3-7-19(21)20-8-4-6-10-22(20)23/h3-10,17-18,23-24H,11-16H2,1-2H3,(H,28,34)(H,29,31)(H,32,33). The molecule has 35 heavy (non-hydrogen) atoms. The number of alkyl carbamates (subject to hydrolysis) is 1. The molecule has 0 bridgehead atoms. The van der Waals surface area contributed by atoms with Gasteiger partial charge in [0.05, 0.1) is 0 Å². The minimum atomic E-state index is -1.04. The Bertz CT molecular complexity index is 1030. The molecule has 0 spiro atoms. The Hall–Kier alpha value is -3.39. The molecule has 1 fully saturated rings. The highest BCUT2D eigenvalue weighted by atomic mass is 16.5. The lowest BCUT2D eigenvalue weighted by Crippen LogP contribution is -2.49. The van der Waals surface area contributed by atoms with Crippen molar-refractivity contribution in [3.8, 4) is 11.1 Å². The third kappa shape index (κ3) is 5.82. The number of likely N-dealkylation sites (N-methyl/N-ethyl adjacent to an activating group) is 1.